The minimum atomic E-state index is 0.622. The van der Waals surface area contributed by atoms with E-state index in [0.717, 1.165) is 0 Å². The molecule has 1 fully saturated rings. The molecule has 18 heavy (non-hydrogen) atoms. The Kier molecular flexibility index (Phi) is 5.07. The number of aryl methyl sites for hydroxylation is 1. The highest BCUT2D eigenvalue weighted by molar-refractivity contribution is 9.10. The molecule has 1 saturated heterocycles. The maximum absolute atomic E-state index is 3.67. The van der Waals surface area contributed by atoms with Crippen LogP contribution in [0, 0.1) is 6.92 Å². The van der Waals surface area contributed by atoms with Crippen LogP contribution in [0.4, 0.5) is 5.69 Å². The maximum atomic E-state index is 3.67. The Morgan fingerprint density at radius 2 is 2.06 bits per heavy atom. The van der Waals surface area contributed by atoms with Gasteiger partial charge in [-0.05, 0) is 66.4 Å². The highest BCUT2D eigenvalue weighted by Gasteiger charge is 2.18. The first-order valence-electron chi connectivity index (χ1n) is 6.94. The summed E-state index contributed by atoms with van der Waals surface area (Å²) >= 11 is 3.64. The minimum absolute atomic E-state index is 0.622. The first-order chi connectivity index (χ1) is 8.69. The Balaban J connectivity index is 1.87. The Labute approximate surface area is 119 Å². The van der Waals surface area contributed by atoms with Crippen LogP contribution in [-0.4, -0.2) is 30.6 Å². The van der Waals surface area contributed by atoms with Gasteiger partial charge in [-0.15, -0.1) is 0 Å². The van der Waals surface area contributed by atoms with Crippen molar-refractivity contribution in [2.45, 2.75) is 39.2 Å². The molecule has 0 radical (unpaired) electrons. The summed E-state index contributed by atoms with van der Waals surface area (Å²) in [5, 5.41) is 3.67. The summed E-state index contributed by atoms with van der Waals surface area (Å²) in [7, 11) is 0. The number of hydrogen-bond donors (Lipinski definition) is 1. The molecule has 0 spiro atoms. The standard InChI is InChI=1S/C15H23BrN2/c1-3-8-18-9-6-13(7-10-18)17-15-5-4-12(2)11-14(15)16/h4-5,11,13,17H,3,6-10H2,1-2H3. The van der Waals surface area contributed by atoms with E-state index in [9.17, 15) is 0 Å². The van der Waals surface area contributed by atoms with E-state index in [1.807, 2.05) is 0 Å². The highest BCUT2D eigenvalue weighted by atomic mass is 79.9. The Hall–Kier alpha value is -0.540. The number of anilines is 1. The third-order valence-corrected chi connectivity index (χ3v) is 4.27. The lowest BCUT2D eigenvalue weighted by molar-refractivity contribution is 0.219. The molecule has 1 aliphatic heterocycles. The van der Waals surface area contributed by atoms with E-state index in [1.54, 1.807) is 0 Å². The molecule has 2 rings (SSSR count). The summed E-state index contributed by atoms with van der Waals surface area (Å²) in [6, 6.07) is 7.14. The van der Waals surface area contributed by atoms with Crippen molar-refractivity contribution in [2.75, 3.05) is 25.0 Å². The third kappa shape index (κ3) is 3.72. The van der Waals surface area contributed by atoms with Crippen molar-refractivity contribution < 1.29 is 0 Å². The van der Waals surface area contributed by atoms with Crippen molar-refractivity contribution in [2.24, 2.45) is 0 Å². The van der Waals surface area contributed by atoms with Crippen molar-refractivity contribution in [3.05, 3.63) is 28.2 Å². The average Bonchev–Trinajstić information content (AvgIpc) is 2.35. The van der Waals surface area contributed by atoms with Crippen LogP contribution in [0.1, 0.15) is 31.7 Å². The molecule has 100 valence electrons. The smallest absolute Gasteiger partial charge is 0.0486 e. The van der Waals surface area contributed by atoms with Gasteiger partial charge >= 0.3 is 0 Å². The summed E-state index contributed by atoms with van der Waals surface area (Å²) < 4.78 is 1.18. The number of benzene rings is 1. The summed E-state index contributed by atoms with van der Waals surface area (Å²) in [5.41, 5.74) is 2.53. The van der Waals surface area contributed by atoms with Crippen LogP contribution in [0.25, 0.3) is 0 Å². The second-order valence-electron chi connectivity index (χ2n) is 5.24. The van der Waals surface area contributed by atoms with Gasteiger partial charge in [0, 0.05) is 29.3 Å². The van der Waals surface area contributed by atoms with Gasteiger partial charge in [0.05, 0.1) is 0 Å². The van der Waals surface area contributed by atoms with Gasteiger partial charge in [0.15, 0.2) is 0 Å². The molecule has 1 aliphatic rings. The molecule has 1 aromatic carbocycles. The summed E-state index contributed by atoms with van der Waals surface area (Å²) in [6.45, 7) is 8.09. The molecule has 0 atom stereocenters. The highest BCUT2D eigenvalue weighted by Crippen LogP contribution is 2.26. The SMILES string of the molecule is CCCN1CCC(Nc2ccc(C)cc2Br)CC1. The molecule has 1 aromatic rings. The lowest BCUT2D eigenvalue weighted by Crippen LogP contribution is -2.39. The van der Waals surface area contributed by atoms with Gasteiger partial charge in [-0.2, -0.15) is 0 Å². The van der Waals surface area contributed by atoms with Crippen molar-refractivity contribution in [3.63, 3.8) is 0 Å². The van der Waals surface area contributed by atoms with E-state index < -0.39 is 0 Å². The zero-order valence-electron chi connectivity index (χ0n) is 11.4. The van der Waals surface area contributed by atoms with Crippen molar-refractivity contribution >= 4 is 21.6 Å². The minimum Gasteiger partial charge on any atom is -0.381 e. The molecule has 0 aliphatic carbocycles. The fourth-order valence-electron chi connectivity index (χ4n) is 2.57. The molecule has 0 unspecified atom stereocenters. The second-order valence-corrected chi connectivity index (χ2v) is 6.10. The number of nitrogens with one attached hydrogen (secondary N) is 1. The predicted molar refractivity (Wildman–Crippen MR) is 82.3 cm³/mol. The summed E-state index contributed by atoms with van der Waals surface area (Å²) in [4.78, 5) is 2.57. The molecular formula is C15H23BrN2. The first kappa shape index (κ1) is 13.9. The number of nitrogens with zero attached hydrogens (tertiary/aromatic N) is 1. The monoisotopic (exact) mass is 310 g/mol. The van der Waals surface area contributed by atoms with Gasteiger partial charge < -0.3 is 10.2 Å². The third-order valence-electron chi connectivity index (χ3n) is 3.61. The van der Waals surface area contributed by atoms with E-state index in [-0.39, 0.29) is 0 Å². The summed E-state index contributed by atoms with van der Waals surface area (Å²) in [6.07, 6.45) is 3.77. The van der Waals surface area contributed by atoms with Gasteiger partial charge in [-0.1, -0.05) is 13.0 Å². The van der Waals surface area contributed by atoms with Crippen LogP contribution in [0.3, 0.4) is 0 Å². The first-order valence-corrected chi connectivity index (χ1v) is 7.73. The quantitative estimate of drug-likeness (QED) is 0.902. The van der Waals surface area contributed by atoms with E-state index >= 15 is 0 Å². The average molecular weight is 311 g/mol. The van der Waals surface area contributed by atoms with Gasteiger partial charge in [0.25, 0.3) is 0 Å². The fourth-order valence-corrected chi connectivity index (χ4v) is 3.18. The molecule has 2 nitrogen and oxygen atoms in total. The second kappa shape index (κ2) is 6.58. The molecule has 1 heterocycles. The van der Waals surface area contributed by atoms with Crippen molar-refractivity contribution in [3.8, 4) is 0 Å². The Morgan fingerprint density at radius 3 is 2.67 bits per heavy atom. The van der Waals surface area contributed by atoms with Gasteiger partial charge in [0.1, 0.15) is 0 Å². The molecule has 0 saturated carbocycles. The molecule has 1 N–H and O–H groups in total. The summed E-state index contributed by atoms with van der Waals surface area (Å²) in [5.74, 6) is 0. The van der Waals surface area contributed by atoms with Crippen LogP contribution >= 0.6 is 15.9 Å². The zero-order valence-corrected chi connectivity index (χ0v) is 13.0. The Morgan fingerprint density at radius 1 is 1.33 bits per heavy atom. The van der Waals surface area contributed by atoms with Gasteiger partial charge in [-0.25, -0.2) is 0 Å². The van der Waals surface area contributed by atoms with Crippen molar-refractivity contribution in [1.29, 1.82) is 0 Å². The molecular weight excluding hydrogens is 288 g/mol. The molecule has 0 amide bonds. The van der Waals surface area contributed by atoms with Gasteiger partial charge in [-0.3, -0.25) is 0 Å². The van der Waals surface area contributed by atoms with Crippen LogP contribution in [0.5, 0.6) is 0 Å². The van der Waals surface area contributed by atoms with Crippen LogP contribution in [0.15, 0.2) is 22.7 Å². The van der Waals surface area contributed by atoms with E-state index in [4.69, 9.17) is 0 Å². The van der Waals surface area contributed by atoms with E-state index in [0.29, 0.717) is 6.04 Å². The number of hydrogen-bond acceptors (Lipinski definition) is 2. The van der Waals surface area contributed by atoms with E-state index in [1.165, 1.54) is 54.6 Å². The predicted octanol–water partition coefficient (Wildman–Crippen LogP) is 4.04. The number of piperidine rings is 1. The molecule has 0 aromatic heterocycles. The van der Waals surface area contributed by atoms with Crippen molar-refractivity contribution in [1.82, 2.24) is 4.90 Å². The zero-order chi connectivity index (χ0) is 13.0. The van der Waals surface area contributed by atoms with Gasteiger partial charge in [0.2, 0.25) is 0 Å². The van der Waals surface area contributed by atoms with Crippen LogP contribution < -0.4 is 5.32 Å². The van der Waals surface area contributed by atoms with Crippen LogP contribution in [-0.2, 0) is 0 Å². The molecule has 3 heteroatoms. The lowest BCUT2D eigenvalue weighted by Gasteiger charge is -2.32. The normalized spacial score (nSPS) is 17.9. The van der Waals surface area contributed by atoms with Crippen LogP contribution in [0.2, 0.25) is 0 Å². The van der Waals surface area contributed by atoms with E-state index in [2.05, 4.69) is 58.2 Å². The number of rotatable bonds is 4. The maximum Gasteiger partial charge on any atom is 0.0486 e. The number of likely N-dealkylation sites (tertiary alicyclic amines) is 1. The Bertz CT molecular complexity index is 384. The number of halogens is 1. The fraction of sp³-hybridized carbons (Fsp3) is 0.600. The molecule has 0 bridgehead atoms. The lowest BCUT2D eigenvalue weighted by atomic mass is 10.0. The topological polar surface area (TPSA) is 15.3 Å². The largest absolute Gasteiger partial charge is 0.381 e.